The summed E-state index contributed by atoms with van der Waals surface area (Å²) >= 11 is 0. The molecule has 13 rings (SSSR count). The van der Waals surface area contributed by atoms with Crippen LogP contribution >= 0.6 is 0 Å². The summed E-state index contributed by atoms with van der Waals surface area (Å²) in [6, 6.07) is 84.4. The third-order valence-electron chi connectivity index (χ3n) is 13.3. The van der Waals surface area contributed by atoms with E-state index in [0.29, 0.717) is 0 Å². The van der Waals surface area contributed by atoms with E-state index < -0.39 is 0 Å². The molecule has 0 atom stereocenters. The largest absolute Gasteiger partial charge is 0.455 e. The van der Waals surface area contributed by atoms with Gasteiger partial charge in [0.25, 0.3) is 0 Å². The number of para-hydroxylation sites is 3. The Morgan fingerprint density at radius 3 is 1.37 bits per heavy atom. The van der Waals surface area contributed by atoms with Crippen LogP contribution in [0.15, 0.2) is 231 Å². The van der Waals surface area contributed by atoms with Crippen molar-refractivity contribution in [2.75, 3.05) is 4.81 Å². The third kappa shape index (κ3) is 5.46. The zero-order chi connectivity index (χ0) is 41.4. The van der Waals surface area contributed by atoms with Crippen LogP contribution in [0.1, 0.15) is 0 Å². The van der Waals surface area contributed by atoms with Gasteiger partial charge in [0.05, 0.1) is 5.69 Å². The Morgan fingerprint density at radius 2 is 0.778 bits per heavy atom. The first-order valence-corrected chi connectivity index (χ1v) is 21.8. The van der Waals surface area contributed by atoms with Gasteiger partial charge < -0.3 is 9.55 Å². The van der Waals surface area contributed by atoms with Crippen molar-refractivity contribution < 1.29 is 4.74 Å². The summed E-state index contributed by atoms with van der Waals surface area (Å²) in [5.74, 6) is 1.69. The Morgan fingerprint density at radius 1 is 0.333 bits per heavy atom. The molecule has 10 aromatic rings. The SMILES string of the molecule is c1ccc(B2c3ccccc3Oc3c(-c4ccc5c(c4)c4cccc6c4-c4c(cccc4c4ccccc45)c4ccccc4c4ccccc64)cccc3N2c2ccccc2)cc1. The van der Waals surface area contributed by atoms with Gasteiger partial charge in [-0.2, -0.15) is 0 Å². The molecule has 292 valence electrons. The first-order valence-electron chi connectivity index (χ1n) is 21.8. The second-order valence-corrected chi connectivity index (χ2v) is 16.7. The van der Waals surface area contributed by atoms with Crippen LogP contribution in [0.4, 0.5) is 11.4 Å². The van der Waals surface area contributed by atoms with E-state index in [1.54, 1.807) is 0 Å². The lowest BCUT2D eigenvalue weighted by Crippen LogP contribution is -2.54. The second-order valence-electron chi connectivity index (χ2n) is 16.7. The van der Waals surface area contributed by atoms with E-state index in [-0.39, 0.29) is 6.85 Å². The molecule has 0 unspecified atom stereocenters. The van der Waals surface area contributed by atoms with Gasteiger partial charge in [-0.25, -0.2) is 0 Å². The number of anilines is 2. The number of nitrogens with zero attached hydrogens (tertiary/aromatic N) is 1. The Labute approximate surface area is 366 Å². The summed E-state index contributed by atoms with van der Waals surface area (Å²) in [7, 11) is 0. The molecule has 0 radical (unpaired) electrons. The van der Waals surface area contributed by atoms with Crippen LogP contribution in [-0.4, -0.2) is 6.85 Å². The van der Waals surface area contributed by atoms with Crippen LogP contribution in [0, 0.1) is 0 Å². The number of ether oxygens (including phenoxy) is 1. The minimum atomic E-state index is -0.125. The molecule has 0 saturated carbocycles. The molecule has 0 N–H and O–H groups in total. The molecule has 10 aromatic carbocycles. The average Bonchev–Trinajstić information content (AvgIpc) is 3.50. The van der Waals surface area contributed by atoms with Gasteiger partial charge in [0, 0.05) is 11.3 Å². The van der Waals surface area contributed by atoms with Crippen LogP contribution in [0.5, 0.6) is 11.5 Å². The van der Waals surface area contributed by atoms with Gasteiger partial charge in [-0.05, 0) is 117 Å². The van der Waals surface area contributed by atoms with Crippen molar-refractivity contribution in [1.82, 2.24) is 0 Å². The summed E-state index contributed by atoms with van der Waals surface area (Å²) in [5.41, 5.74) is 9.08. The van der Waals surface area contributed by atoms with Crippen molar-refractivity contribution >= 4 is 93.8 Å². The molecule has 63 heavy (non-hydrogen) atoms. The van der Waals surface area contributed by atoms with E-state index in [0.717, 1.165) is 39.5 Å². The molecule has 1 heterocycles. The van der Waals surface area contributed by atoms with Gasteiger partial charge in [0.2, 0.25) is 0 Å². The van der Waals surface area contributed by atoms with E-state index in [2.05, 4.69) is 235 Å². The van der Waals surface area contributed by atoms with Crippen LogP contribution < -0.4 is 20.5 Å². The van der Waals surface area contributed by atoms with Crippen molar-refractivity contribution in [3.05, 3.63) is 231 Å². The Hall–Kier alpha value is -8.14. The maximum atomic E-state index is 7.26. The molecule has 0 aromatic heterocycles. The Kier molecular flexibility index (Phi) is 8.04. The molecular weight excluding hydrogens is 761 g/mol. The lowest BCUT2D eigenvalue weighted by Gasteiger charge is -2.31. The Bertz CT molecular complexity index is 3790. The van der Waals surface area contributed by atoms with Crippen molar-refractivity contribution in [2.45, 2.75) is 0 Å². The van der Waals surface area contributed by atoms with Gasteiger partial charge in [-0.3, -0.25) is 0 Å². The fourth-order valence-corrected chi connectivity index (χ4v) is 10.6. The fraction of sp³-hybridized carbons (Fsp3) is 0. The van der Waals surface area contributed by atoms with Crippen LogP contribution in [0.2, 0.25) is 0 Å². The van der Waals surface area contributed by atoms with Gasteiger partial charge in [-0.1, -0.05) is 206 Å². The van der Waals surface area contributed by atoms with Gasteiger partial charge in [0.1, 0.15) is 5.75 Å². The van der Waals surface area contributed by atoms with Gasteiger partial charge in [-0.15, -0.1) is 0 Å². The van der Waals surface area contributed by atoms with E-state index in [1.165, 1.54) is 81.2 Å². The molecule has 1 aliphatic heterocycles. The molecule has 0 saturated heterocycles. The molecule has 0 bridgehead atoms. The minimum absolute atomic E-state index is 0.125. The monoisotopic (exact) mass is 799 g/mol. The molecule has 0 amide bonds. The van der Waals surface area contributed by atoms with Crippen LogP contribution in [-0.2, 0) is 0 Å². The second kappa shape index (κ2) is 14.2. The smallest absolute Gasteiger partial charge is 0.332 e. The minimum Gasteiger partial charge on any atom is -0.455 e. The molecule has 0 fully saturated rings. The maximum Gasteiger partial charge on any atom is 0.332 e. The van der Waals surface area contributed by atoms with Crippen LogP contribution in [0.3, 0.4) is 0 Å². The lowest BCUT2D eigenvalue weighted by molar-refractivity contribution is 0.491. The van der Waals surface area contributed by atoms with E-state index >= 15 is 0 Å². The van der Waals surface area contributed by atoms with Gasteiger partial charge in [0.15, 0.2) is 5.75 Å². The van der Waals surface area contributed by atoms with Crippen LogP contribution in [0.25, 0.3) is 86.9 Å². The number of benzene rings is 10. The van der Waals surface area contributed by atoms with Crippen molar-refractivity contribution in [3.8, 4) is 33.8 Å². The number of rotatable bonds is 3. The van der Waals surface area contributed by atoms with Crippen molar-refractivity contribution in [2.24, 2.45) is 0 Å². The zero-order valence-electron chi connectivity index (χ0n) is 34.4. The molecule has 2 nitrogen and oxygen atoms in total. The standard InChI is InChI=1S/C60H38BNO/c1-3-18-40(19-4-1)61-55-33-13-14-35-57(55)63-60-42(28-17-34-56(60)62(61)41-20-5-2-6-21-41)39-36-37-49-45-24-9-12-27-48(45)51-30-15-29-50-46-25-10-7-22-43(46)44-23-8-11-26-47(44)52-31-16-32-53(54(49)38-39)59(52)58(50)51/h1-38H. The summed E-state index contributed by atoms with van der Waals surface area (Å²) in [5, 5.41) is 14.8. The van der Waals surface area contributed by atoms with Crippen molar-refractivity contribution in [3.63, 3.8) is 0 Å². The number of hydrogen-bond donors (Lipinski definition) is 0. The topological polar surface area (TPSA) is 12.5 Å². The van der Waals surface area contributed by atoms with E-state index in [4.69, 9.17) is 4.74 Å². The predicted octanol–water partition coefficient (Wildman–Crippen LogP) is 15.0. The zero-order valence-corrected chi connectivity index (χ0v) is 34.4. The normalized spacial score (nSPS) is 12.5. The van der Waals surface area contributed by atoms with Gasteiger partial charge >= 0.3 is 6.85 Å². The van der Waals surface area contributed by atoms with E-state index in [9.17, 15) is 0 Å². The third-order valence-corrected chi connectivity index (χ3v) is 13.3. The summed E-state index contributed by atoms with van der Waals surface area (Å²) < 4.78 is 7.26. The number of hydrogen-bond acceptors (Lipinski definition) is 2. The summed E-state index contributed by atoms with van der Waals surface area (Å²) in [6.45, 7) is -0.125. The molecule has 0 spiro atoms. The molecule has 3 aliphatic rings. The van der Waals surface area contributed by atoms with E-state index in [1.807, 2.05) is 0 Å². The summed E-state index contributed by atoms with van der Waals surface area (Å²) in [4.78, 5) is 2.46. The fourth-order valence-electron chi connectivity index (χ4n) is 10.6. The first-order chi connectivity index (χ1) is 31.3. The Balaban J connectivity index is 1.17. The highest BCUT2D eigenvalue weighted by molar-refractivity contribution is 6.89. The quantitative estimate of drug-likeness (QED) is 0.165. The van der Waals surface area contributed by atoms with Crippen molar-refractivity contribution in [1.29, 1.82) is 0 Å². The highest BCUT2D eigenvalue weighted by Gasteiger charge is 2.37. The predicted molar refractivity (Wildman–Crippen MR) is 269 cm³/mol. The lowest BCUT2D eigenvalue weighted by atomic mass is 9.48. The molecular formula is C60H38BNO. The molecule has 2 aliphatic carbocycles. The highest BCUT2D eigenvalue weighted by Crippen LogP contribution is 2.50. The average molecular weight is 800 g/mol. The summed E-state index contributed by atoms with van der Waals surface area (Å²) in [6.07, 6.45) is 0. The number of fused-ring (bicyclic) bond motifs is 12. The highest BCUT2D eigenvalue weighted by atomic mass is 16.5. The maximum absolute atomic E-state index is 7.26. The molecule has 3 heteroatoms. The first kappa shape index (κ1) is 35.6.